The van der Waals surface area contributed by atoms with Crippen LogP contribution in [0.15, 0.2) is 33.0 Å². The standard InChI is InChI=1S/C21H20ClFN6O2/c1-11-6-28-17-13(4-21(8-24-10-25-9-21)19(28)12(2)30-11)3-15-18(16(17)23)31-27-20(15)29-7-14(22)5-26-29/h3,5,7-9,11-12,19H,4,6,10H2,1-2H3/t11-,12+,19-/m0/s1. The Bertz CT molecular complexity index is 1240. The summed E-state index contributed by atoms with van der Waals surface area (Å²) in [6.45, 7) is 5.00. The van der Waals surface area contributed by atoms with E-state index in [1.807, 2.05) is 32.3 Å². The molecule has 3 atom stereocenters. The van der Waals surface area contributed by atoms with Gasteiger partial charge in [0, 0.05) is 19.0 Å². The third-order valence-electron chi connectivity index (χ3n) is 6.35. The zero-order valence-electron chi connectivity index (χ0n) is 17.0. The summed E-state index contributed by atoms with van der Waals surface area (Å²) in [6.07, 6.45) is 7.41. The molecule has 0 bridgehead atoms. The van der Waals surface area contributed by atoms with Gasteiger partial charge in [0.1, 0.15) is 6.67 Å². The first-order valence-electron chi connectivity index (χ1n) is 10.2. The Kier molecular flexibility index (Phi) is 4.04. The molecule has 6 rings (SSSR count). The maximum atomic E-state index is 15.9. The first-order valence-corrected chi connectivity index (χ1v) is 10.6. The van der Waals surface area contributed by atoms with Crippen LogP contribution in [-0.4, -0.2) is 58.8 Å². The molecular weight excluding hydrogens is 423 g/mol. The van der Waals surface area contributed by atoms with E-state index in [0.29, 0.717) is 41.5 Å². The largest absolute Gasteiger partial charge is 0.372 e. The van der Waals surface area contributed by atoms with Gasteiger partial charge >= 0.3 is 0 Å². The van der Waals surface area contributed by atoms with Gasteiger partial charge in [0.2, 0.25) is 11.4 Å². The molecule has 3 aliphatic heterocycles. The maximum absolute atomic E-state index is 15.9. The quantitative estimate of drug-likeness (QED) is 0.576. The van der Waals surface area contributed by atoms with Gasteiger partial charge in [0.05, 0.1) is 52.2 Å². The number of morpholine rings is 1. The maximum Gasteiger partial charge on any atom is 0.206 e. The second-order valence-corrected chi connectivity index (χ2v) is 8.92. The lowest BCUT2D eigenvalue weighted by atomic mass is 9.69. The van der Waals surface area contributed by atoms with E-state index >= 15 is 4.39 Å². The van der Waals surface area contributed by atoms with Gasteiger partial charge < -0.3 is 14.2 Å². The van der Waals surface area contributed by atoms with Crippen molar-refractivity contribution >= 4 is 40.7 Å². The minimum Gasteiger partial charge on any atom is -0.372 e. The van der Waals surface area contributed by atoms with Crippen LogP contribution in [0, 0.1) is 11.2 Å². The molecule has 0 amide bonds. The average molecular weight is 443 g/mol. The van der Waals surface area contributed by atoms with Crippen LogP contribution >= 0.6 is 11.6 Å². The summed E-state index contributed by atoms with van der Waals surface area (Å²) >= 11 is 6.01. The van der Waals surface area contributed by atoms with E-state index in [-0.39, 0.29) is 23.8 Å². The average Bonchev–Trinajstić information content (AvgIpc) is 3.34. The molecule has 160 valence electrons. The lowest BCUT2D eigenvalue weighted by Gasteiger charge is -2.54. The van der Waals surface area contributed by atoms with Crippen molar-refractivity contribution < 1.29 is 13.7 Å². The monoisotopic (exact) mass is 442 g/mol. The van der Waals surface area contributed by atoms with Gasteiger partial charge in [-0.05, 0) is 31.9 Å². The molecule has 0 N–H and O–H groups in total. The third kappa shape index (κ3) is 2.69. The molecule has 10 heteroatoms. The molecule has 2 aromatic heterocycles. The molecule has 3 aliphatic rings. The van der Waals surface area contributed by atoms with Crippen molar-refractivity contribution in [1.29, 1.82) is 0 Å². The fourth-order valence-electron chi connectivity index (χ4n) is 5.36. The normalized spacial score (nSPS) is 26.5. The molecule has 0 radical (unpaired) electrons. The van der Waals surface area contributed by atoms with E-state index in [1.54, 1.807) is 6.20 Å². The van der Waals surface area contributed by atoms with Crippen molar-refractivity contribution in [2.75, 3.05) is 18.1 Å². The number of aromatic nitrogens is 3. The highest BCUT2D eigenvalue weighted by Crippen LogP contribution is 2.47. The minimum atomic E-state index is -0.475. The number of aliphatic imine (C=N–C) groups is 2. The van der Waals surface area contributed by atoms with E-state index in [9.17, 15) is 0 Å². The SMILES string of the molecule is C[C@H]1CN2c3c(cc4c(-n5cc(Cl)cn5)noc4c3F)CC3(C=NCN=C3)[C@@H]2[C@@H](C)O1. The van der Waals surface area contributed by atoms with E-state index in [2.05, 4.69) is 25.1 Å². The zero-order chi connectivity index (χ0) is 21.3. The summed E-state index contributed by atoms with van der Waals surface area (Å²) in [5, 5.41) is 9.27. The second-order valence-electron chi connectivity index (χ2n) is 8.49. The predicted octanol–water partition coefficient (Wildman–Crippen LogP) is 3.44. The fraction of sp³-hybridized carbons (Fsp3) is 0.429. The van der Waals surface area contributed by atoms with E-state index in [4.69, 9.17) is 20.9 Å². The van der Waals surface area contributed by atoms with Gasteiger partial charge in [-0.25, -0.2) is 9.07 Å². The number of hydrogen-bond acceptors (Lipinski definition) is 7. The number of hydrogen-bond donors (Lipinski definition) is 0. The third-order valence-corrected chi connectivity index (χ3v) is 6.54. The van der Waals surface area contributed by atoms with E-state index in [0.717, 1.165) is 5.56 Å². The number of ether oxygens (including phenoxy) is 1. The van der Waals surface area contributed by atoms with Crippen molar-refractivity contribution in [2.24, 2.45) is 15.4 Å². The summed E-state index contributed by atoms with van der Waals surface area (Å²) in [4.78, 5) is 11.0. The summed E-state index contributed by atoms with van der Waals surface area (Å²) in [5.41, 5.74) is 1.02. The van der Waals surface area contributed by atoms with E-state index in [1.165, 1.54) is 10.9 Å². The highest BCUT2D eigenvalue weighted by atomic mass is 35.5. The molecular formula is C21H20ClFN6O2. The molecule has 0 aliphatic carbocycles. The van der Waals surface area contributed by atoms with Gasteiger partial charge in [-0.2, -0.15) is 5.10 Å². The molecule has 5 heterocycles. The second kappa shape index (κ2) is 6.61. The number of fused-ring (bicyclic) bond motifs is 5. The number of anilines is 1. The molecule has 3 aromatic rings. The summed E-state index contributed by atoms with van der Waals surface area (Å²) in [7, 11) is 0. The number of halogens is 2. The topological polar surface area (TPSA) is 81.0 Å². The summed E-state index contributed by atoms with van der Waals surface area (Å²) in [6, 6.07) is 1.82. The highest BCUT2D eigenvalue weighted by Gasteiger charge is 2.52. The fourth-order valence-corrected chi connectivity index (χ4v) is 5.50. The Morgan fingerprint density at radius 3 is 2.81 bits per heavy atom. The van der Waals surface area contributed by atoms with Gasteiger partial charge in [0.25, 0.3) is 0 Å². The first-order chi connectivity index (χ1) is 15.0. The summed E-state index contributed by atoms with van der Waals surface area (Å²) < 4.78 is 29.0. The van der Waals surface area contributed by atoms with Crippen LogP contribution in [-0.2, 0) is 11.2 Å². The van der Waals surface area contributed by atoms with Gasteiger partial charge in [0.15, 0.2) is 5.82 Å². The Balaban J connectivity index is 1.59. The number of rotatable bonds is 1. The van der Waals surface area contributed by atoms with Crippen LogP contribution < -0.4 is 4.90 Å². The lowest BCUT2D eigenvalue weighted by Crippen LogP contribution is -2.65. The van der Waals surface area contributed by atoms with E-state index < -0.39 is 11.2 Å². The predicted molar refractivity (Wildman–Crippen MR) is 115 cm³/mol. The molecule has 1 spiro atoms. The highest BCUT2D eigenvalue weighted by molar-refractivity contribution is 6.30. The van der Waals surface area contributed by atoms with Crippen LogP contribution in [0.1, 0.15) is 19.4 Å². The molecule has 0 saturated carbocycles. The summed E-state index contributed by atoms with van der Waals surface area (Å²) in [5.74, 6) is -0.0233. The number of benzene rings is 1. The van der Waals surface area contributed by atoms with Gasteiger partial charge in [-0.3, -0.25) is 9.98 Å². The number of nitrogens with zero attached hydrogens (tertiary/aromatic N) is 6. The lowest BCUT2D eigenvalue weighted by molar-refractivity contribution is -0.0432. The molecule has 1 fully saturated rings. The molecule has 8 nitrogen and oxygen atoms in total. The zero-order valence-corrected chi connectivity index (χ0v) is 17.8. The molecule has 0 unspecified atom stereocenters. The van der Waals surface area contributed by atoms with Gasteiger partial charge in [-0.15, -0.1) is 0 Å². The Morgan fingerprint density at radius 2 is 2.06 bits per heavy atom. The Labute approximate surface area is 182 Å². The van der Waals surface area contributed by atoms with Crippen molar-refractivity contribution in [3.8, 4) is 5.82 Å². The van der Waals surface area contributed by atoms with Crippen LogP contribution in [0.5, 0.6) is 0 Å². The first kappa shape index (κ1) is 18.9. The Hall–Kier alpha value is -2.78. The van der Waals surface area contributed by atoms with Gasteiger partial charge in [-0.1, -0.05) is 16.8 Å². The van der Waals surface area contributed by atoms with Crippen LogP contribution in [0.2, 0.25) is 5.02 Å². The van der Waals surface area contributed by atoms with Crippen LogP contribution in [0.25, 0.3) is 16.8 Å². The molecule has 31 heavy (non-hydrogen) atoms. The molecule has 1 saturated heterocycles. The van der Waals surface area contributed by atoms with Crippen molar-refractivity contribution in [3.63, 3.8) is 0 Å². The Morgan fingerprint density at radius 1 is 1.26 bits per heavy atom. The van der Waals surface area contributed by atoms with Crippen LogP contribution in [0.4, 0.5) is 10.1 Å². The van der Waals surface area contributed by atoms with Crippen molar-refractivity contribution in [2.45, 2.75) is 38.5 Å². The minimum absolute atomic E-state index is 0.0432. The van der Waals surface area contributed by atoms with Crippen LogP contribution in [0.3, 0.4) is 0 Å². The smallest absolute Gasteiger partial charge is 0.206 e. The van der Waals surface area contributed by atoms with Crippen molar-refractivity contribution in [3.05, 3.63) is 34.9 Å². The van der Waals surface area contributed by atoms with Crippen molar-refractivity contribution in [1.82, 2.24) is 14.9 Å². The molecule has 1 aromatic carbocycles.